The van der Waals surface area contributed by atoms with Crippen molar-refractivity contribution >= 4 is 11.3 Å². The molecule has 1 N–H and O–H groups in total. The molecular formula is C26H24N2O2S. The number of rotatable bonds is 5. The number of ether oxygens (including phenoxy) is 1. The third-order valence-electron chi connectivity index (χ3n) is 5.89. The van der Waals surface area contributed by atoms with E-state index in [4.69, 9.17) is 9.72 Å². The summed E-state index contributed by atoms with van der Waals surface area (Å²) in [5.74, 6) is 1.16. The lowest BCUT2D eigenvalue weighted by atomic mass is 9.69. The minimum absolute atomic E-state index is 0.437. The van der Waals surface area contributed by atoms with E-state index in [1.807, 2.05) is 25.3 Å². The standard InChI is InChI=1S/C26H24N2O2S/c1-26(29)13-21(14-26)17-8-10-18(11-9-17)23-24(19-6-4-3-5-7-19)31-25(28-23)20-12-22(30-2)16-27-15-20/h3-12,15-16,21,29H,13-14H2,1-2H3. The van der Waals surface area contributed by atoms with E-state index in [-0.39, 0.29) is 0 Å². The monoisotopic (exact) mass is 428 g/mol. The van der Waals surface area contributed by atoms with Crippen molar-refractivity contribution in [2.24, 2.45) is 0 Å². The van der Waals surface area contributed by atoms with Gasteiger partial charge < -0.3 is 9.84 Å². The van der Waals surface area contributed by atoms with Crippen LogP contribution in [0.4, 0.5) is 0 Å². The number of aliphatic hydroxyl groups is 1. The average Bonchev–Trinajstić information content (AvgIpc) is 3.24. The van der Waals surface area contributed by atoms with Crippen LogP contribution in [0.15, 0.2) is 73.1 Å². The molecular weight excluding hydrogens is 404 g/mol. The van der Waals surface area contributed by atoms with Crippen molar-refractivity contribution in [1.82, 2.24) is 9.97 Å². The second kappa shape index (κ2) is 7.91. The largest absolute Gasteiger partial charge is 0.495 e. The first-order chi connectivity index (χ1) is 15.0. The van der Waals surface area contributed by atoms with Crippen LogP contribution in [0.25, 0.3) is 32.3 Å². The van der Waals surface area contributed by atoms with E-state index in [1.165, 1.54) is 5.56 Å². The summed E-state index contributed by atoms with van der Waals surface area (Å²) in [6.45, 7) is 1.91. The van der Waals surface area contributed by atoms with Crippen LogP contribution in [-0.4, -0.2) is 27.8 Å². The molecule has 0 unspecified atom stereocenters. The Morgan fingerprint density at radius 3 is 2.39 bits per heavy atom. The Bertz CT molecular complexity index is 1190. The molecule has 2 heterocycles. The highest BCUT2D eigenvalue weighted by Crippen LogP contribution is 2.45. The number of pyridine rings is 1. The maximum atomic E-state index is 10.1. The molecule has 0 radical (unpaired) electrons. The predicted octanol–water partition coefficient (Wildman–Crippen LogP) is 6.18. The summed E-state index contributed by atoms with van der Waals surface area (Å²) >= 11 is 1.67. The third-order valence-corrected chi connectivity index (χ3v) is 7.04. The summed E-state index contributed by atoms with van der Waals surface area (Å²) in [5.41, 5.74) is 4.92. The molecule has 4 aromatic rings. The molecule has 1 saturated carbocycles. The molecule has 2 aromatic heterocycles. The lowest BCUT2D eigenvalue weighted by Crippen LogP contribution is -2.39. The summed E-state index contributed by atoms with van der Waals surface area (Å²) in [6.07, 6.45) is 5.18. The number of methoxy groups -OCH3 is 1. The molecule has 5 heteroatoms. The molecule has 1 aliphatic carbocycles. The summed E-state index contributed by atoms with van der Waals surface area (Å²) < 4.78 is 5.35. The van der Waals surface area contributed by atoms with Crippen LogP contribution >= 0.6 is 11.3 Å². The number of thiazole rings is 1. The molecule has 4 nitrogen and oxygen atoms in total. The summed E-state index contributed by atoms with van der Waals surface area (Å²) in [4.78, 5) is 10.5. The van der Waals surface area contributed by atoms with Gasteiger partial charge in [0.05, 0.1) is 29.5 Å². The fraction of sp³-hybridized carbons (Fsp3) is 0.231. The first-order valence-electron chi connectivity index (χ1n) is 10.4. The van der Waals surface area contributed by atoms with Crippen LogP contribution in [0.5, 0.6) is 5.75 Å². The molecule has 0 spiro atoms. The maximum Gasteiger partial charge on any atom is 0.137 e. The molecule has 156 valence electrons. The van der Waals surface area contributed by atoms with Crippen molar-refractivity contribution in [3.63, 3.8) is 0 Å². The minimum Gasteiger partial charge on any atom is -0.495 e. The summed E-state index contributed by atoms with van der Waals surface area (Å²) in [6, 6.07) is 21.0. The van der Waals surface area contributed by atoms with Crippen molar-refractivity contribution in [2.45, 2.75) is 31.3 Å². The van der Waals surface area contributed by atoms with Gasteiger partial charge in [-0.2, -0.15) is 0 Å². The third kappa shape index (κ3) is 3.99. The minimum atomic E-state index is -0.515. The SMILES string of the molecule is COc1cncc(-c2nc(-c3ccc(C4CC(C)(O)C4)cc3)c(-c3ccccc3)s2)c1. The zero-order chi connectivity index (χ0) is 21.4. The average molecular weight is 429 g/mol. The predicted molar refractivity (Wildman–Crippen MR) is 125 cm³/mol. The zero-order valence-corrected chi connectivity index (χ0v) is 18.4. The Morgan fingerprint density at radius 2 is 1.71 bits per heavy atom. The maximum absolute atomic E-state index is 10.1. The van der Waals surface area contributed by atoms with Gasteiger partial charge in [-0.15, -0.1) is 11.3 Å². The van der Waals surface area contributed by atoms with Gasteiger partial charge >= 0.3 is 0 Å². The molecule has 0 bridgehead atoms. The van der Waals surface area contributed by atoms with Crippen molar-refractivity contribution in [3.05, 3.63) is 78.6 Å². The topological polar surface area (TPSA) is 55.2 Å². The Kier molecular flexibility index (Phi) is 5.08. The molecule has 0 amide bonds. The van der Waals surface area contributed by atoms with Gasteiger partial charge in [-0.05, 0) is 42.9 Å². The van der Waals surface area contributed by atoms with Gasteiger partial charge in [-0.25, -0.2) is 4.98 Å². The molecule has 0 aliphatic heterocycles. The van der Waals surface area contributed by atoms with Gasteiger partial charge in [0, 0.05) is 17.3 Å². The first-order valence-corrected chi connectivity index (χ1v) is 11.2. The molecule has 31 heavy (non-hydrogen) atoms. The Morgan fingerprint density at radius 1 is 0.968 bits per heavy atom. The van der Waals surface area contributed by atoms with Gasteiger partial charge in [0.2, 0.25) is 0 Å². The van der Waals surface area contributed by atoms with Crippen LogP contribution in [-0.2, 0) is 0 Å². The van der Waals surface area contributed by atoms with E-state index in [0.29, 0.717) is 5.92 Å². The van der Waals surface area contributed by atoms with E-state index < -0.39 is 5.60 Å². The van der Waals surface area contributed by atoms with Gasteiger partial charge in [-0.3, -0.25) is 4.98 Å². The molecule has 1 fully saturated rings. The lowest BCUT2D eigenvalue weighted by Gasteiger charge is -2.41. The van der Waals surface area contributed by atoms with E-state index in [9.17, 15) is 5.11 Å². The highest BCUT2D eigenvalue weighted by atomic mass is 32.1. The van der Waals surface area contributed by atoms with E-state index in [1.54, 1.807) is 24.6 Å². The molecule has 5 rings (SSSR count). The number of hydrogen-bond acceptors (Lipinski definition) is 5. The van der Waals surface area contributed by atoms with Crippen molar-refractivity contribution in [2.75, 3.05) is 7.11 Å². The quantitative estimate of drug-likeness (QED) is 0.413. The highest BCUT2D eigenvalue weighted by molar-refractivity contribution is 7.19. The fourth-order valence-corrected chi connectivity index (χ4v) is 5.30. The molecule has 2 aromatic carbocycles. The van der Waals surface area contributed by atoms with Gasteiger partial charge in [0.15, 0.2) is 0 Å². The van der Waals surface area contributed by atoms with Crippen LogP contribution in [0, 0.1) is 0 Å². The molecule has 0 atom stereocenters. The van der Waals surface area contributed by atoms with Crippen molar-refractivity contribution < 1.29 is 9.84 Å². The molecule has 1 aliphatic rings. The number of benzene rings is 2. The van der Waals surface area contributed by atoms with Crippen LogP contribution in [0.1, 0.15) is 31.2 Å². The van der Waals surface area contributed by atoms with Crippen LogP contribution in [0.3, 0.4) is 0 Å². The van der Waals surface area contributed by atoms with E-state index in [2.05, 4.69) is 53.5 Å². The Labute approximate surface area is 186 Å². The Balaban J connectivity index is 1.54. The highest BCUT2D eigenvalue weighted by Gasteiger charge is 2.38. The normalized spacial score (nSPS) is 20.3. The van der Waals surface area contributed by atoms with Gasteiger partial charge in [0.25, 0.3) is 0 Å². The lowest BCUT2D eigenvalue weighted by molar-refractivity contribution is -0.0313. The number of hydrogen-bond donors (Lipinski definition) is 1. The second-order valence-corrected chi connectivity index (χ2v) is 9.40. The van der Waals surface area contributed by atoms with Crippen LogP contribution < -0.4 is 4.74 Å². The van der Waals surface area contributed by atoms with E-state index in [0.717, 1.165) is 50.9 Å². The smallest absolute Gasteiger partial charge is 0.137 e. The van der Waals surface area contributed by atoms with Gasteiger partial charge in [-0.1, -0.05) is 54.6 Å². The zero-order valence-electron chi connectivity index (χ0n) is 17.6. The van der Waals surface area contributed by atoms with Crippen molar-refractivity contribution in [3.8, 4) is 38.0 Å². The number of nitrogens with zero attached hydrogens (tertiary/aromatic N) is 2. The fourth-order valence-electron chi connectivity index (χ4n) is 4.22. The second-order valence-electron chi connectivity index (χ2n) is 8.40. The van der Waals surface area contributed by atoms with E-state index >= 15 is 0 Å². The Hall–Kier alpha value is -3.02. The van der Waals surface area contributed by atoms with Gasteiger partial charge in [0.1, 0.15) is 10.8 Å². The molecule has 0 saturated heterocycles. The first kappa shape index (κ1) is 19.9. The summed E-state index contributed by atoms with van der Waals surface area (Å²) in [7, 11) is 1.65. The van der Waals surface area contributed by atoms with Crippen molar-refractivity contribution in [1.29, 1.82) is 0 Å². The summed E-state index contributed by atoms with van der Waals surface area (Å²) in [5, 5.41) is 11.0. The number of aromatic nitrogens is 2. The van der Waals surface area contributed by atoms with Crippen LogP contribution in [0.2, 0.25) is 0 Å².